The third-order valence-corrected chi connectivity index (χ3v) is 3.95. The van der Waals surface area contributed by atoms with E-state index in [2.05, 4.69) is 22.5 Å². The Morgan fingerprint density at radius 3 is 2.72 bits per heavy atom. The lowest BCUT2D eigenvalue weighted by Crippen LogP contribution is -2.30. The quantitative estimate of drug-likeness (QED) is 0.744. The van der Waals surface area contributed by atoms with Crippen molar-refractivity contribution >= 4 is 23.3 Å². The van der Waals surface area contributed by atoms with E-state index < -0.39 is 0 Å². The van der Waals surface area contributed by atoms with Crippen LogP contribution < -0.4 is 5.32 Å². The molecule has 0 spiro atoms. The molecule has 1 aromatic heterocycles. The second-order valence-electron chi connectivity index (χ2n) is 5.83. The van der Waals surface area contributed by atoms with Crippen molar-refractivity contribution in [1.82, 2.24) is 14.7 Å². The second kappa shape index (κ2) is 7.85. The average Bonchev–Trinajstić information content (AvgIpc) is 3.02. The fourth-order valence-electron chi connectivity index (χ4n) is 2.48. The zero-order chi connectivity index (χ0) is 17.6. The molecular weight excluding hydrogens is 336 g/mol. The summed E-state index contributed by atoms with van der Waals surface area (Å²) in [6.45, 7) is 1.18. The van der Waals surface area contributed by atoms with E-state index in [1.807, 2.05) is 29.1 Å². The van der Waals surface area contributed by atoms with Crippen LogP contribution in [0.4, 0.5) is 10.5 Å². The Morgan fingerprint density at radius 2 is 1.96 bits per heavy atom. The number of anilines is 1. The summed E-state index contributed by atoms with van der Waals surface area (Å²) in [5, 5.41) is 7.77. The first-order chi connectivity index (χ1) is 12.1. The average molecular weight is 355 g/mol. The van der Waals surface area contributed by atoms with Crippen LogP contribution in [-0.4, -0.2) is 27.8 Å². The van der Waals surface area contributed by atoms with Crippen LogP contribution in [0.15, 0.2) is 67.0 Å². The fourth-order valence-corrected chi connectivity index (χ4v) is 2.67. The van der Waals surface area contributed by atoms with Gasteiger partial charge in [-0.1, -0.05) is 48.0 Å². The minimum absolute atomic E-state index is 0.196. The van der Waals surface area contributed by atoms with Gasteiger partial charge in [0.1, 0.15) is 0 Å². The summed E-state index contributed by atoms with van der Waals surface area (Å²) in [4.78, 5) is 13.9. The topological polar surface area (TPSA) is 50.2 Å². The molecule has 3 aromatic rings. The van der Waals surface area contributed by atoms with E-state index in [1.54, 1.807) is 42.4 Å². The molecule has 3 rings (SSSR count). The van der Waals surface area contributed by atoms with Gasteiger partial charge in [0.2, 0.25) is 0 Å². The first-order valence-corrected chi connectivity index (χ1v) is 8.31. The second-order valence-corrected chi connectivity index (χ2v) is 6.26. The van der Waals surface area contributed by atoms with E-state index in [0.717, 1.165) is 5.56 Å². The van der Waals surface area contributed by atoms with Crippen LogP contribution in [0.5, 0.6) is 0 Å². The summed E-state index contributed by atoms with van der Waals surface area (Å²) < 4.78 is 1.87. The maximum Gasteiger partial charge on any atom is 0.321 e. The van der Waals surface area contributed by atoms with Crippen LogP contribution >= 0.6 is 11.6 Å². The van der Waals surface area contributed by atoms with Gasteiger partial charge in [-0.2, -0.15) is 5.10 Å². The Kier molecular flexibility index (Phi) is 5.36. The van der Waals surface area contributed by atoms with Crippen molar-refractivity contribution < 1.29 is 4.79 Å². The Bertz CT molecular complexity index is 847. The number of nitrogens with one attached hydrogen (secondary N) is 1. The summed E-state index contributed by atoms with van der Waals surface area (Å²) in [5.41, 5.74) is 2.83. The number of halogens is 1. The van der Waals surface area contributed by atoms with Gasteiger partial charge in [0.05, 0.1) is 19.3 Å². The molecular formula is C19H19ClN4O. The Morgan fingerprint density at radius 1 is 1.16 bits per heavy atom. The van der Waals surface area contributed by atoms with Crippen molar-refractivity contribution in [2.24, 2.45) is 0 Å². The molecule has 6 heteroatoms. The lowest BCUT2D eigenvalue weighted by atomic mass is 10.2. The number of urea groups is 1. The van der Waals surface area contributed by atoms with E-state index in [-0.39, 0.29) is 6.03 Å². The van der Waals surface area contributed by atoms with Gasteiger partial charge in [0, 0.05) is 29.5 Å². The fraction of sp³-hybridized carbons (Fsp3) is 0.158. The van der Waals surface area contributed by atoms with Gasteiger partial charge < -0.3 is 10.2 Å². The van der Waals surface area contributed by atoms with Gasteiger partial charge in [-0.15, -0.1) is 0 Å². The summed E-state index contributed by atoms with van der Waals surface area (Å²) in [6.07, 6.45) is 3.74. The van der Waals surface area contributed by atoms with Gasteiger partial charge >= 0.3 is 6.03 Å². The summed E-state index contributed by atoms with van der Waals surface area (Å²) >= 11 is 5.93. The van der Waals surface area contributed by atoms with Crippen molar-refractivity contribution in [1.29, 1.82) is 0 Å². The van der Waals surface area contributed by atoms with Crippen LogP contribution in [0.3, 0.4) is 0 Å². The zero-order valence-corrected chi connectivity index (χ0v) is 14.6. The number of nitrogens with zero attached hydrogens (tertiary/aromatic N) is 3. The third-order valence-electron chi connectivity index (χ3n) is 3.72. The minimum atomic E-state index is -0.196. The molecule has 0 aliphatic heterocycles. The molecule has 0 saturated carbocycles. The molecule has 0 saturated heterocycles. The van der Waals surface area contributed by atoms with Crippen LogP contribution in [0, 0.1) is 0 Å². The molecule has 1 heterocycles. The molecule has 5 nitrogen and oxygen atoms in total. The molecule has 2 amide bonds. The van der Waals surface area contributed by atoms with E-state index >= 15 is 0 Å². The number of carbonyl (C=O) groups is 1. The Balaban J connectivity index is 1.57. The van der Waals surface area contributed by atoms with E-state index in [0.29, 0.717) is 23.8 Å². The number of amides is 2. The molecule has 0 unspecified atom stereocenters. The van der Waals surface area contributed by atoms with Crippen LogP contribution in [0.25, 0.3) is 0 Å². The molecule has 2 aromatic carbocycles. The molecule has 0 radical (unpaired) electrons. The first kappa shape index (κ1) is 17.0. The van der Waals surface area contributed by atoms with Crippen molar-refractivity contribution in [3.8, 4) is 0 Å². The molecule has 0 aliphatic carbocycles. The number of carbonyl (C=O) groups excluding carboxylic acids is 1. The molecule has 0 bridgehead atoms. The van der Waals surface area contributed by atoms with Crippen molar-refractivity contribution in [2.45, 2.75) is 13.1 Å². The smallest absolute Gasteiger partial charge is 0.321 e. The minimum Gasteiger partial charge on any atom is -0.323 e. The first-order valence-electron chi connectivity index (χ1n) is 7.93. The van der Waals surface area contributed by atoms with Crippen LogP contribution in [0.2, 0.25) is 5.02 Å². The van der Waals surface area contributed by atoms with Crippen molar-refractivity contribution in [3.05, 3.63) is 83.1 Å². The summed E-state index contributed by atoms with van der Waals surface area (Å²) in [5.74, 6) is 0. The summed E-state index contributed by atoms with van der Waals surface area (Å²) in [7, 11) is 1.74. The number of hydrogen-bond donors (Lipinski definition) is 1. The Labute approximate surface area is 151 Å². The largest absolute Gasteiger partial charge is 0.323 e. The lowest BCUT2D eigenvalue weighted by Gasteiger charge is -2.17. The van der Waals surface area contributed by atoms with E-state index in [1.165, 1.54) is 5.56 Å². The monoisotopic (exact) mass is 354 g/mol. The lowest BCUT2D eigenvalue weighted by molar-refractivity contribution is 0.220. The maximum atomic E-state index is 12.3. The molecule has 1 N–H and O–H groups in total. The van der Waals surface area contributed by atoms with Crippen molar-refractivity contribution in [2.75, 3.05) is 12.4 Å². The van der Waals surface area contributed by atoms with Gasteiger partial charge in [-0.05, 0) is 23.8 Å². The highest BCUT2D eigenvalue weighted by atomic mass is 35.5. The SMILES string of the molecule is CN(Cc1cnn(Cc2ccccc2)c1)C(=O)Nc1cccc(Cl)c1. The van der Waals surface area contributed by atoms with Crippen molar-refractivity contribution in [3.63, 3.8) is 0 Å². The highest BCUT2D eigenvalue weighted by Gasteiger charge is 2.11. The number of rotatable bonds is 5. The highest BCUT2D eigenvalue weighted by Crippen LogP contribution is 2.15. The molecule has 0 aliphatic rings. The highest BCUT2D eigenvalue weighted by molar-refractivity contribution is 6.30. The molecule has 0 fully saturated rings. The number of benzene rings is 2. The Hall–Kier alpha value is -2.79. The number of aromatic nitrogens is 2. The standard InChI is InChI=1S/C19H19ClN4O/c1-23(19(25)22-18-9-5-8-17(20)10-18)12-16-11-21-24(14-16)13-15-6-3-2-4-7-15/h2-11,14H,12-13H2,1H3,(H,22,25). The van der Waals surface area contributed by atoms with Crippen LogP contribution in [0.1, 0.15) is 11.1 Å². The van der Waals surface area contributed by atoms with Gasteiger partial charge in [-0.3, -0.25) is 4.68 Å². The van der Waals surface area contributed by atoms with Gasteiger partial charge in [0.15, 0.2) is 0 Å². The predicted molar refractivity (Wildman–Crippen MR) is 99.7 cm³/mol. The van der Waals surface area contributed by atoms with Gasteiger partial charge in [0.25, 0.3) is 0 Å². The molecule has 25 heavy (non-hydrogen) atoms. The summed E-state index contributed by atoms with van der Waals surface area (Å²) in [6, 6.07) is 17.0. The van der Waals surface area contributed by atoms with Gasteiger partial charge in [-0.25, -0.2) is 4.79 Å². The normalized spacial score (nSPS) is 10.5. The third kappa shape index (κ3) is 4.84. The van der Waals surface area contributed by atoms with E-state index in [9.17, 15) is 4.79 Å². The molecule has 128 valence electrons. The van der Waals surface area contributed by atoms with E-state index in [4.69, 9.17) is 11.6 Å². The molecule has 0 atom stereocenters. The zero-order valence-electron chi connectivity index (χ0n) is 13.9. The number of hydrogen-bond acceptors (Lipinski definition) is 2. The maximum absolute atomic E-state index is 12.3. The predicted octanol–water partition coefficient (Wildman–Crippen LogP) is 4.25. The van der Waals surface area contributed by atoms with Crippen LogP contribution in [-0.2, 0) is 13.1 Å².